The average Bonchev–Trinajstić information content (AvgIpc) is 2.78. The zero-order chi connectivity index (χ0) is 21.8. The monoisotopic (exact) mass is 414 g/mol. The van der Waals surface area contributed by atoms with E-state index in [2.05, 4.69) is 10.3 Å². The summed E-state index contributed by atoms with van der Waals surface area (Å²) in [5.41, 5.74) is 2.98. The zero-order valence-corrected chi connectivity index (χ0v) is 17.3. The van der Waals surface area contributed by atoms with Crippen LogP contribution in [0.15, 0.2) is 66.7 Å². The lowest BCUT2D eigenvalue weighted by molar-refractivity contribution is -0.119. The van der Waals surface area contributed by atoms with Crippen molar-refractivity contribution in [3.05, 3.63) is 83.6 Å². The van der Waals surface area contributed by atoms with Gasteiger partial charge in [0.25, 0.3) is 5.91 Å². The maximum Gasteiger partial charge on any atom is 0.340 e. The quantitative estimate of drug-likeness (QED) is 0.465. The molecule has 1 N–H and O–H groups in total. The maximum atomic E-state index is 12.8. The van der Waals surface area contributed by atoms with Crippen LogP contribution in [0, 0.1) is 6.92 Å². The fourth-order valence-corrected chi connectivity index (χ4v) is 3.62. The molecule has 6 nitrogen and oxygen atoms in total. The van der Waals surface area contributed by atoms with E-state index < -0.39 is 18.5 Å². The third kappa shape index (κ3) is 4.39. The molecule has 0 aliphatic carbocycles. The fourth-order valence-electron chi connectivity index (χ4n) is 3.62. The van der Waals surface area contributed by atoms with Crippen LogP contribution in [0.1, 0.15) is 21.6 Å². The van der Waals surface area contributed by atoms with Gasteiger partial charge in [-0.3, -0.25) is 4.79 Å². The van der Waals surface area contributed by atoms with Crippen molar-refractivity contribution in [3.63, 3.8) is 0 Å². The number of ether oxygens (including phenoxy) is 2. The van der Waals surface area contributed by atoms with Gasteiger partial charge in [0.05, 0.1) is 23.4 Å². The Morgan fingerprint density at radius 2 is 1.71 bits per heavy atom. The van der Waals surface area contributed by atoms with E-state index in [1.165, 1.54) is 0 Å². The van der Waals surface area contributed by atoms with Gasteiger partial charge in [-0.15, -0.1) is 0 Å². The minimum absolute atomic E-state index is 0.166. The number of esters is 1. The third-order valence-corrected chi connectivity index (χ3v) is 5.08. The van der Waals surface area contributed by atoms with Gasteiger partial charge in [0.15, 0.2) is 6.61 Å². The van der Waals surface area contributed by atoms with Crippen molar-refractivity contribution in [1.82, 2.24) is 4.98 Å². The molecule has 0 atom stereocenters. The van der Waals surface area contributed by atoms with Crippen LogP contribution >= 0.6 is 0 Å². The first-order valence-electron chi connectivity index (χ1n) is 9.90. The summed E-state index contributed by atoms with van der Waals surface area (Å²) in [6.45, 7) is 1.61. The number of fused-ring (bicyclic) bond motifs is 2. The number of hydrogen-bond acceptors (Lipinski definition) is 5. The standard InChI is InChI=1S/C25H22N2O4/c1-16-20-9-5-6-10-21(20)27-22(14-30-2)24(16)25(29)31-15-23(28)26-19-12-11-17-7-3-4-8-18(17)13-19/h3-13H,14-15H2,1-2H3,(H,26,28). The van der Waals surface area contributed by atoms with E-state index in [0.29, 0.717) is 16.9 Å². The van der Waals surface area contributed by atoms with E-state index in [0.717, 1.165) is 27.2 Å². The number of aromatic nitrogens is 1. The highest BCUT2D eigenvalue weighted by atomic mass is 16.5. The molecule has 6 heteroatoms. The Morgan fingerprint density at radius 3 is 2.52 bits per heavy atom. The summed E-state index contributed by atoms with van der Waals surface area (Å²) in [4.78, 5) is 29.7. The summed E-state index contributed by atoms with van der Waals surface area (Å²) in [5, 5.41) is 5.72. The summed E-state index contributed by atoms with van der Waals surface area (Å²) in [7, 11) is 1.54. The van der Waals surface area contributed by atoms with Gasteiger partial charge in [-0.1, -0.05) is 48.5 Å². The molecule has 0 unspecified atom stereocenters. The molecule has 0 bridgehead atoms. The van der Waals surface area contributed by atoms with Crippen LogP contribution in [0.4, 0.5) is 5.69 Å². The molecular formula is C25H22N2O4. The topological polar surface area (TPSA) is 77.5 Å². The van der Waals surface area contributed by atoms with Gasteiger partial charge < -0.3 is 14.8 Å². The van der Waals surface area contributed by atoms with Crippen molar-refractivity contribution in [3.8, 4) is 0 Å². The Hall–Kier alpha value is -3.77. The predicted molar refractivity (Wildman–Crippen MR) is 120 cm³/mol. The molecule has 1 heterocycles. The van der Waals surface area contributed by atoms with Crippen LogP contribution in [0.2, 0.25) is 0 Å². The zero-order valence-electron chi connectivity index (χ0n) is 17.3. The Morgan fingerprint density at radius 1 is 0.968 bits per heavy atom. The lowest BCUT2D eigenvalue weighted by Gasteiger charge is -2.14. The SMILES string of the molecule is COCc1nc2ccccc2c(C)c1C(=O)OCC(=O)Nc1ccc2ccccc2c1. The number of nitrogens with zero attached hydrogens (tertiary/aromatic N) is 1. The number of carbonyl (C=O) groups is 2. The molecule has 31 heavy (non-hydrogen) atoms. The van der Waals surface area contributed by atoms with Crippen LogP contribution in [-0.4, -0.2) is 30.6 Å². The van der Waals surface area contributed by atoms with E-state index >= 15 is 0 Å². The number of anilines is 1. The van der Waals surface area contributed by atoms with Crippen LogP contribution in [0.5, 0.6) is 0 Å². The second kappa shape index (κ2) is 8.93. The number of hydrogen-bond donors (Lipinski definition) is 1. The number of rotatable bonds is 6. The average molecular weight is 414 g/mol. The molecule has 0 radical (unpaired) electrons. The van der Waals surface area contributed by atoms with Crippen LogP contribution in [0.3, 0.4) is 0 Å². The number of benzene rings is 3. The third-order valence-electron chi connectivity index (χ3n) is 5.08. The highest BCUT2D eigenvalue weighted by Gasteiger charge is 2.21. The number of aryl methyl sites for hydroxylation is 1. The second-order valence-corrected chi connectivity index (χ2v) is 7.19. The summed E-state index contributed by atoms with van der Waals surface area (Å²) >= 11 is 0. The normalized spacial score (nSPS) is 10.9. The number of methoxy groups -OCH3 is 1. The molecule has 0 fully saturated rings. The minimum Gasteiger partial charge on any atom is -0.452 e. The van der Waals surface area contributed by atoms with Crippen molar-refractivity contribution in [2.24, 2.45) is 0 Å². The van der Waals surface area contributed by atoms with Gasteiger partial charge in [-0.05, 0) is 41.5 Å². The van der Waals surface area contributed by atoms with Crippen molar-refractivity contribution in [2.75, 3.05) is 19.0 Å². The Bertz CT molecular complexity index is 1280. The molecule has 4 rings (SSSR count). The highest BCUT2D eigenvalue weighted by Crippen LogP contribution is 2.24. The lowest BCUT2D eigenvalue weighted by atomic mass is 10.0. The summed E-state index contributed by atoms with van der Waals surface area (Å²) in [5.74, 6) is -1.01. The Labute approximate surface area is 179 Å². The van der Waals surface area contributed by atoms with Crippen molar-refractivity contribution >= 4 is 39.2 Å². The molecule has 1 amide bonds. The molecule has 0 aliphatic heterocycles. The molecule has 0 spiro atoms. The molecular weight excluding hydrogens is 392 g/mol. The van der Waals surface area contributed by atoms with Gasteiger partial charge in [-0.25, -0.2) is 9.78 Å². The Kier molecular flexibility index (Phi) is 5.91. The number of amides is 1. The first-order chi connectivity index (χ1) is 15.1. The molecule has 0 saturated carbocycles. The minimum atomic E-state index is -0.600. The summed E-state index contributed by atoms with van der Waals surface area (Å²) in [6.07, 6.45) is 0. The van der Waals surface area contributed by atoms with Gasteiger partial charge in [-0.2, -0.15) is 0 Å². The first kappa shape index (κ1) is 20.5. The van der Waals surface area contributed by atoms with Crippen molar-refractivity contribution in [2.45, 2.75) is 13.5 Å². The molecule has 0 saturated heterocycles. The van der Waals surface area contributed by atoms with Crippen LogP contribution in [0.25, 0.3) is 21.7 Å². The summed E-state index contributed by atoms with van der Waals surface area (Å²) in [6, 6.07) is 21.1. The van der Waals surface area contributed by atoms with Crippen LogP contribution < -0.4 is 5.32 Å². The van der Waals surface area contributed by atoms with Gasteiger partial charge in [0, 0.05) is 18.2 Å². The van der Waals surface area contributed by atoms with Crippen molar-refractivity contribution in [1.29, 1.82) is 0 Å². The van der Waals surface area contributed by atoms with E-state index in [9.17, 15) is 9.59 Å². The van der Waals surface area contributed by atoms with E-state index in [1.54, 1.807) is 7.11 Å². The van der Waals surface area contributed by atoms with Crippen molar-refractivity contribution < 1.29 is 19.1 Å². The van der Waals surface area contributed by atoms with Gasteiger partial charge >= 0.3 is 5.97 Å². The maximum absolute atomic E-state index is 12.8. The molecule has 4 aromatic rings. The fraction of sp³-hybridized carbons (Fsp3) is 0.160. The van der Waals surface area contributed by atoms with Crippen LogP contribution in [-0.2, 0) is 20.9 Å². The number of carbonyl (C=O) groups excluding carboxylic acids is 2. The molecule has 3 aromatic carbocycles. The predicted octanol–water partition coefficient (Wildman–Crippen LogP) is 4.64. The smallest absolute Gasteiger partial charge is 0.340 e. The first-order valence-corrected chi connectivity index (χ1v) is 9.90. The number of para-hydroxylation sites is 1. The second-order valence-electron chi connectivity index (χ2n) is 7.19. The summed E-state index contributed by atoms with van der Waals surface area (Å²) < 4.78 is 10.5. The lowest BCUT2D eigenvalue weighted by Crippen LogP contribution is -2.22. The number of nitrogens with one attached hydrogen (secondary N) is 1. The molecule has 0 aliphatic rings. The number of pyridine rings is 1. The van der Waals surface area contributed by atoms with E-state index in [4.69, 9.17) is 9.47 Å². The van der Waals surface area contributed by atoms with E-state index in [1.807, 2.05) is 73.7 Å². The molecule has 156 valence electrons. The van der Waals surface area contributed by atoms with Gasteiger partial charge in [0.2, 0.25) is 0 Å². The highest BCUT2D eigenvalue weighted by molar-refractivity contribution is 6.00. The Balaban J connectivity index is 1.49. The largest absolute Gasteiger partial charge is 0.452 e. The molecule has 1 aromatic heterocycles. The van der Waals surface area contributed by atoms with Gasteiger partial charge in [0.1, 0.15) is 0 Å². The van der Waals surface area contributed by atoms with E-state index in [-0.39, 0.29) is 6.61 Å².